The molecular formula is C25H28N2O3S. The lowest BCUT2D eigenvalue weighted by atomic mass is 10.1. The van der Waals surface area contributed by atoms with E-state index in [1.807, 2.05) is 60.7 Å². The fraction of sp³-hybridized carbons (Fsp3) is 0.240. The van der Waals surface area contributed by atoms with Crippen LogP contribution < -0.4 is 4.90 Å². The molecular weight excluding hydrogens is 408 g/mol. The van der Waals surface area contributed by atoms with Crippen molar-refractivity contribution >= 4 is 21.6 Å². The second-order valence-corrected chi connectivity index (χ2v) is 9.08. The summed E-state index contributed by atoms with van der Waals surface area (Å²) < 4.78 is 27.2. The molecule has 0 aliphatic rings. The van der Waals surface area contributed by atoms with E-state index in [0.29, 0.717) is 31.6 Å². The first kappa shape index (κ1) is 22.7. The fourth-order valence-electron chi connectivity index (χ4n) is 3.50. The zero-order valence-corrected chi connectivity index (χ0v) is 18.8. The van der Waals surface area contributed by atoms with Gasteiger partial charge in [0.2, 0.25) is 10.0 Å². The summed E-state index contributed by atoms with van der Waals surface area (Å²) in [4.78, 5) is 15.3. The van der Waals surface area contributed by atoms with E-state index in [4.69, 9.17) is 0 Å². The van der Waals surface area contributed by atoms with E-state index in [-0.39, 0.29) is 10.8 Å². The molecule has 0 saturated carbocycles. The molecule has 0 atom stereocenters. The van der Waals surface area contributed by atoms with E-state index in [9.17, 15) is 13.2 Å². The van der Waals surface area contributed by atoms with Crippen molar-refractivity contribution in [3.05, 3.63) is 96.1 Å². The van der Waals surface area contributed by atoms with Gasteiger partial charge in [0, 0.05) is 30.9 Å². The molecule has 0 unspecified atom stereocenters. The van der Waals surface area contributed by atoms with Gasteiger partial charge in [-0.05, 0) is 42.3 Å². The summed E-state index contributed by atoms with van der Waals surface area (Å²) in [6, 6.07) is 25.8. The third-order valence-electron chi connectivity index (χ3n) is 5.20. The van der Waals surface area contributed by atoms with Gasteiger partial charge in [0.05, 0.1) is 4.90 Å². The molecule has 6 heteroatoms. The maximum absolute atomic E-state index is 13.5. The van der Waals surface area contributed by atoms with Crippen LogP contribution in [-0.4, -0.2) is 38.3 Å². The van der Waals surface area contributed by atoms with Crippen LogP contribution in [0, 0.1) is 0 Å². The van der Waals surface area contributed by atoms with Crippen molar-refractivity contribution in [3.8, 4) is 0 Å². The molecule has 0 aliphatic carbocycles. The number of carbonyl (C=O) groups excluding carboxylic acids is 1. The predicted molar refractivity (Wildman–Crippen MR) is 125 cm³/mol. The Balaban J connectivity index is 1.92. The number of hydrogen-bond acceptors (Lipinski definition) is 3. The number of amides is 1. The first-order valence-electron chi connectivity index (χ1n) is 10.5. The lowest BCUT2D eigenvalue weighted by molar-refractivity contribution is 0.0987. The number of benzene rings is 3. The van der Waals surface area contributed by atoms with Crippen LogP contribution in [0.5, 0.6) is 0 Å². The molecule has 3 aromatic rings. The molecule has 0 spiro atoms. The van der Waals surface area contributed by atoms with Gasteiger partial charge in [0.15, 0.2) is 0 Å². The number of anilines is 1. The summed E-state index contributed by atoms with van der Waals surface area (Å²) in [5.74, 6) is -0.223. The molecule has 0 fully saturated rings. The minimum absolute atomic E-state index is 0.137. The Labute approximate surface area is 185 Å². The van der Waals surface area contributed by atoms with Crippen LogP contribution in [0.4, 0.5) is 5.69 Å². The Kier molecular flexibility index (Phi) is 7.60. The van der Waals surface area contributed by atoms with Crippen molar-refractivity contribution < 1.29 is 13.2 Å². The van der Waals surface area contributed by atoms with E-state index in [2.05, 4.69) is 0 Å². The highest BCUT2D eigenvalue weighted by atomic mass is 32.2. The molecule has 0 saturated heterocycles. The maximum atomic E-state index is 13.5. The highest BCUT2D eigenvalue weighted by Crippen LogP contribution is 2.21. The first-order valence-corrected chi connectivity index (χ1v) is 11.9. The third kappa shape index (κ3) is 5.40. The minimum atomic E-state index is -3.64. The SMILES string of the molecule is CCN(CC)S(=O)(=O)c1cccc(C(=O)N(CCc2ccccc2)c2ccccc2)c1. The summed E-state index contributed by atoms with van der Waals surface area (Å²) in [7, 11) is -3.64. The Hall–Kier alpha value is -2.96. The molecule has 0 radical (unpaired) electrons. The fourth-order valence-corrected chi connectivity index (χ4v) is 5.00. The van der Waals surface area contributed by atoms with Gasteiger partial charge in [-0.25, -0.2) is 8.42 Å². The van der Waals surface area contributed by atoms with Crippen LogP contribution in [0.3, 0.4) is 0 Å². The van der Waals surface area contributed by atoms with Crippen LogP contribution in [0.25, 0.3) is 0 Å². The van der Waals surface area contributed by atoms with Crippen molar-refractivity contribution in [2.75, 3.05) is 24.5 Å². The summed E-state index contributed by atoms with van der Waals surface area (Å²) in [6.07, 6.45) is 0.693. The van der Waals surface area contributed by atoms with Gasteiger partial charge in [-0.2, -0.15) is 4.31 Å². The van der Waals surface area contributed by atoms with Crippen LogP contribution in [0.2, 0.25) is 0 Å². The van der Waals surface area contributed by atoms with Gasteiger partial charge in [-0.3, -0.25) is 4.79 Å². The summed E-state index contributed by atoms with van der Waals surface area (Å²) >= 11 is 0. The molecule has 3 aromatic carbocycles. The molecule has 0 aromatic heterocycles. The van der Waals surface area contributed by atoms with Gasteiger partial charge >= 0.3 is 0 Å². The maximum Gasteiger partial charge on any atom is 0.258 e. The van der Waals surface area contributed by atoms with E-state index in [1.165, 1.54) is 10.4 Å². The average Bonchev–Trinajstić information content (AvgIpc) is 2.81. The third-order valence-corrected chi connectivity index (χ3v) is 7.25. The van der Waals surface area contributed by atoms with Crippen molar-refractivity contribution in [1.29, 1.82) is 0 Å². The lowest BCUT2D eigenvalue weighted by Gasteiger charge is -2.24. The summed E-state index contributed by atoms with van der Waals surface area (Å²) in [5, 5.41) is 0. The molecule has 0 aliphatic heterocycles. The number of hydrogen-bond donors (Lipinski definition) is 0. The van der Waals surface area contributed by atoms with Gasteiger partial charge in [-0.15, -0.1) is 0 Å². The van der Waals surface area contributed by atoms with Crippen LogP contribution in [0.15, 0.2) is 89.8 Å². The van der Waals surface area contributed by atoms with Crippen molar-refractivity contribution in [2.45, 2.75) is 25.2 Å². The molecule has 5 nitrogen and oxygen atoms in total. The molecule has 3 rings (SSSR count). The molecule has 31 heavy (non-hydrogen) atoms. The van der Waals surface area contributed by atoms with E-state index >= 15 is 0 Å². The Morgan fingerprint density at radius 2 is 1.42 bits per heavy atom. The molecule has 0 N–H and O–H groups in total. The standard InChI is InChI=1S/C25H28N2O3S/c1-3-26(4-2)31(29,30)24-17-11-14-22(20-24)25(28)27(23-15-9-6-10-16-23)19-18-21-12-7-5-8-13-21/h5-17,20H,3-4,18-19H2,1-2H3. The number of rotatable bonds is 9. The molecule has 0 heterocycles. The Bertz CT molecular complexity index is 1100. The van der Waals surface area contributed by atoms with Gasteiger partial charge in [-0.1, -0.05) is 68.4 Å². The molecule has 162 valence electrons. The normalized spacial score (nSPS) is 11.5. The number of sulfonamides is 1. The van der Waals surface area contributed by atoms with Gasteiger partial charge in [0.1, 0.15) is 0 Å². The van der Waals surface area contributed by atoms with Crippen molar-refractivity contribution in [2.24, 2.45) is 0 Å². The van der Waals surface area contributed by atoms with E-state index < -0.39 is 10.0 Å². The first-order chi connectivity index (χ1) is 15.0. The highest BCUT2D eigenvalue weighted by molar-refractivity contribution is 7.89. The molecule has 1 amide bonds. The van der Waals surface area contributed by atoms with Crippen molar-refractivity contribution in [1.82, 2.24) is 4.31 Å². The smallest absolute Gasteiger partial charge is 0.258 e. The molecule has 0 bridgehead atoms. The summed E-state index contributed by atoms with van der Waals surface area (Å²) in [5.41, 5.74) is 2.26. The minimum Gasteiger partial charge on any atom is -0.308 e. The van der Waals surface area contributed by atoms with Gasteiger partial charge in [0.25, 0.3) is 5.91 Å². The number of nitrogens with zero attached hydrogens (tertiary/aromatic N) is 2. The number of para-hydroxylation sites is 1. The van der Waals surface area contributed by atoms with E-state index in [0.717, 1.165) is 11.3 Å². The zero-order chi connectivity index (χ0) is 22.3. The monoisotopic (exact) mass is 436 g/mol. The second kappa shape index (κ2) is 10.4. The highest BCUT2D eigenvalue weighted by Gasteiger charge is 2.24. The van der Waals surface area contributed by atoms with Crippen LogP contribution in [0.1, 0.15) is 29.8 Å². The number of carbonyl (C=O) groups is 1. The lowest BCUT2D eigenvalue weighted by Crippen LogP contribution is -2.33. The quantitative estimate of drug-likeness (QED) is 0.492. The van der Waals surface area contributed by atoms with Gasteiger partial charge < -0.3 is 4.90 Å². The second-order valence-electron chi connectivity index (χ2n) is 7.15. The summed E-state index contributed by atoms with van der Waals surface area (Å²) in [6.45, 7) is 4.85. The van der Waals surface area contributed by atoms with Crippen LogP contribution >= 0.6 is 0 Å². The Morgan fingerprint density at radius 3 is 2.03 bits per heavy atom. The zero-order valence-electron chi connectivity index (χ0n) is 17.9. The van der Waals surface area contributed by atoms with Crippen molar-refractivity contribution in [3.63, 3.8) is 0 Å². The Morgan fingerprint density at radius 1 is 0.806 bits per heavy atom. The predicted octanol–water partition coefficient (Wildman–Crippen LogP) is 4.61. The van der Waals surface area contributed by atoms with Crippen LogP contribution in [-0.2, 0) is 16.4 Å². The average molecular weight is 437 g/mol. The van der Waals surface area contributed by atoms with E-state index in [1.54, 1.807) is 36.9 Å². The largest absolute Gasteiger partial charge is 0.308 e. The topological polar surface area (TPSA) is 57.7 Å².